The van der Waals surface area contributed by atoms with E-state index in [0.717, 1.165) is 30.3 Å². The minimum atomic E-state index is 0.337. The van der Waals surface area contributed by atoms with Crippen LogP contribution in [0.3, 0.4) is 0 Å². The Balaban J connectivity index is 2.06. The molecule has 0 aromatic heterocycles. The van der Waals surface area contributed by atoms with E-state index < -0.39 is 0 Å². The van der Waals surface area contributed by atoms with E-state index in [2.05, 4.69) is 52.4 Å². The fraction of sp³-hybridized carbons (Fsp3) is 0.333. The van der Waals surface area contributed by atoms with E-state index in [-0.39, 0.29) is 0 Å². The van der Waals surface area contributed by atoms with Crippen molar-refractivity contribution in [2.75, 3.05) is 6.54 Å². The summed E-state index contributed by atoms with van der Waals surface area (Å²) in [5.41, 5.74) is 2.48. The maximum absolute atomic E-state index is 9.60. The summed E-state index contributed by atoms with van der Waals surface area (Å²) in [6.07, 6.45) is 3.02. The van der Waals surface area contributed by atoms with Crippen LogP contribution in [0.5, 0.6) is 5.75 Å². The third-order valence-electron chi connectivity index (χ3n) is 3.45. The molecule has 0 saturated carbocycles. The van der Waals surface area contributed by atoms with Crippen LogP contribution >= 0.6 is 15.9 Å². The second kappa shape index (κ2) is 8.20. The molecule has 2 rings (SSSR count). The molecule has 2 N–H and O–H groups in total. The molecule has 0 aliphatic rings. The van der Waals surface area contributed by atoms with Crippen LogP contribution in [0.25, 0.3) is 0 Å². The van der Waals surface area contributed by atoms with Crippen molar-refractivity contribution >= 4 is 15.9 Å². The molecule has 0 bridgehead atoms. The molecule has 2 aromatic carbocycles. The van der Waals surface area contributed by atoms with Gasteiger partial charge in [0.1, 0.15) is 5.75 Å². The number of hydrogen-bond acceptors (Lipinski definition) is 2. The Morgan fingerprint density at radius 2 is 1.71 bits per heavy atom. The lowest BCUT2D eigenvalue weighted by atomic mass is 9.98. The Bertz CT molecular complexity index is 523. The van der Waals surface area contributed by atoms with Gasteiger partial charge in [-0.1, -0.05) is 47.1 Å². The molecule has 0 saturated heterocycles. The monoisotopic (exact) mass is 347 g/mol. The van der Waals surface area contributed by atoms with E-state index in [1.165, 1.54) is 11.1 Å². The van der Waals surface area contributed by atoms with Crippen molar-refractivity contribution < 1.29 is 5.11 Å². The van der Waals surface area contributed by atoms with E-state index in [9.17, 15) is 5.11 Å². The number of phenols is 1. The molecule has 0 spiro atoms. The van der Waals surface area contributed by atoms with Gasteiger partial charge in [0.15, 0.2) is 0 Å². The molecule has 1 atom stereocenters. The summed E-state index contributed by atoms with van der Waals surface area (Å²) < 4.78 is 1.12. The van der Waals surface area contributed by atoms with Gasteiger partial charge in [-0.25, -0.2) is 0 Å². The number of phenolic OH excluding ortho intramolecular Hbond substituents is 1. The van der Waals surface area contributed by atoms with Gasteiger partial charge in [0.05, 0.1) is 0 Å². The molecule has 0 radical (unpaired) electrons. The second-order valence-electron chi connectivity index (χ2n) is 5.36. The maximum atomic E-state index is 9.60. The number of hydrogen-bond donors (Lipinski definition) is 2. The highest BCUT2D eigenvalue weighted by molar-refractivity contribution is 9.10. The molecule has 3 heteroatoms. The summed E-state index contributed by atoms with van der Waals surface area (Å²) in [4.78, 5) is 0. The van der Waals surface area contributed by atoms with Crippen LogP contribution in [-0.2, 0) is 12.8 Å². The second-order valence-corrected chi connectivity index (χ2v) is 6.27. The topological polar surface area (TPSA) is 32.3 Å². The summed E-state index contributed by atoms with van der Waals surface area (Å²) >= 11 is 3.53. The smallest absolute Gasteiger partial charge is 0.115 e. The Labute approximate surface area is 135 Å². The van der Waals surface area contributed by atoms with Crippen LogP contribution < -0.4 is 5.32 Å². The van der Waals surface area contributed by atoms with Crippen molar-refractivity contribution in [2.45, 2.75) is 32.2 Å². The van der Waals surface area contributed by atoms with Gasteiger partial charge in [-0.05, 0) is 61.2 Å². The van der Waals surface area contributed by atoms with Gasteiger partial charge in [0, 0.05) is 10.5 Å². The van der Waals surface area contributed by atoms with Gasteiger partial charge < -0.3 is 10.4 Å². The largest absolute Gasteiger partial charge is 0.508 e. The molecule has 0 aliphatic heterocycles. The van der Waals surface area contributed by atoms with Crippen LogP contribution in [0.1, 0.15) is 24.5 Å². The van der Waals surface area contributed by atoms with E-state index in [1.54, 1.807) is 6.07 Å². The van der Waals surface area contributed by atoms with Gasteiger partial charge in [0.2, 0.25) is 0 Å². The summed E-state index contributed by atoms with van der Waals surface area (Å²) in [5.74, 6) is 0.337. The van der Waals surface area contributed by atoms with Crippen LogP contribution in [0.2, 0.25) is 0 Å². The first-order valence-corrected chi connectivity index (χ1v) is 8.22. The number of nitrogens with one attached hydrogen (secondary N) is 1. The molecule has 112 valence electrons. The van der Waals surface area contributed by atoms with Crippen molar-refractivity contribution in [3.8, 4) is 5.75 Å². The van der Waals surface area contributed by atoms with Crippen LogP contribution in [0, 0.1) is 0 Å². The average molecular weight is 348 g/mol. The molecular weight excluding hydrogens is 326 g/mol. The minimum Gasteiger partial charge on any atom is -0.508 e. The third kappa shape index (κ3) is 5.52. The lowest BCUT2D eigenvalue weighted by Crippen LogP contribution is -2.33. The zero-order chi connectivity index (χ0) is 15.1. The Morgan fingerprint density at radius 3 is 2.33 bits per heavy atom. The molecular formula is C18H22BrNO. The predicted octanol–water partition coefficient (Wildman–Crippen LogP) is 4.31. The molecule has 0 fully saturated rings. The van der Waals surface area contributed by atoms with Gasteiger partial charge >= 0.3 is 0 Å². The quantitative estimate of drug-likeness (QED) is 0.782. The number of benzene rings is 2. The summed E-state index contributed by atoms with van der Waals surface area (Å²) in [6.45, 7) is 3.19. The highest BCUT2D eigenvalue weighted by atomic mass is 79.9. The number of aromatic hydroxyl groups is 1. The van der Waals surface area contributed by atoms with Crippen molar-refractivity contribution in [1.82, 2.24) is 5.32 Å². The van der Waals surface area contributed by atoms with E-state index >= 15 is 0 Å². The summed E-state index contributed by atoms with van der Waals surface area (Å²) in [7, 11) is 0. The maximum Gasteiger partial charge on any atom is 0.115 e. The van der Waals surface area contributed by atoms with Crippen LogP contribution in [0.4, 0.5) is 0 Å². The summed E-state index contributed by atoms with van der Waals surface area (Å²) in [6, 6.07) is 16.4. The fourth-order valence-electron chi connectivity index (χ4n) is 2.48. The first kappa shape index (κ1) is 16.1. The highest BCUT2D eigenvalue weighted by Gasteiger charge is 2.10. The molecule has 21 heavy (non-hydrogen) atoms. The van der Waals surface area contributed by atoms with Gasteiger partial charge in [0.25, 0.3) is 0 Å². The SMILES string of the molecule is CCCNC(Cc1cccc(O)c1)Cc1cccc(Br)c1. The molecule has 0 heterocycles. The van der Waals surface area contributed by atoms with Crippen molar-refractivity contribution in [3.63, 3.8) is 0 Å². The molecule has 2 aromatic rings. The van der Waals surface area contributed by atoms with E-state index in [1.807, 2.05) is 18.2 Å². The summed E-state index contributed by atoms with van der Waals surface area (Å²) in [5, 5.41) is 13.2. The highest BCUT2D eigenvalue weighted by Crippen LogP contribution is 2.17. The number of halogens is 1. The number of rotatable bonds is 7. The Morgan fingerprint density at radius 1 is 1.05 bits per heavy atom. The van der Waals surface area contributed by atoms with Gasteiger partial charge in [-0.2, -0.15) is 0 Å². The molecule has 1 unspecified atom stereocenters. The van der Waals surface area contributed by atoms with Gasteiger partial charge in [-0.3, -0.25) is 0 Å². The van der Waals surface area contributed by atoms with Crippen molar-refractivity contribution in [3.05, 3.63) is 64.1 Å². The Kier molecular flexibility index (Phi) is 6.27. The standard InChI is InChI=1S/C18H22BrNO/c1-2-9-20-17(11-14-5-3-7-16(19)10-14)12-15-6-4-8-18(21)13-15/h3-8,10,13,17,20-21H,2,9,11-12H2,1H3. The minimum absolute atomic E-state index is 0.337. The zero-order valence-electron chi connectivity index (χ0n) is 12.3. The average Bonchev–Trinajstić information content (AvgIpc) is 2.45. The zero-order valence-corrected chi connectivity index (χ0v) is 13.9. The molecule has 0 amide bonds. The Hall–Kier alpha value is -1.32. The van der Waals surface area contributed by atoms with E-state index in [0.29, 0.717) is 11.8 Å². The van der Waals surface area contributed by atoms with Crippen LogP contribution in [-0.4, -0.2) is 17.7 Å². The van der Waals surface area contributed by atoms with Crippen molar-refractivity contribution in [2.24, 2.45) is 0 Å². The predicted molar refractivity (Wildman–Crippen MR) is 91.7 cm³/mol. The first-order chi connectivity index (χ1) is 10.2. The van der Waals surface area contributed by atoms with Crippen molar-refractivity contribution in [1.29, 1.82) is 0 Å². The molecule has 0 aliphatic carbocycles. The van der Waals surface area contributed by atoms with E-state index in [4.69, 9.17) is 0 Å². The van der Waals surface area contributed by atoms with Crippen LogP contribution in [0.15, 0.2) is 53.0 Å². The third-order valence-corrected chi connectivity index (χ3v) is 3.94. The first-order valence-electron chi connectivity index (χ1n) is 7.43. The lowest BCUT2D eigenvalue weighted by Gasteiger charge is -2.19. The normalized spacial score (nSPS) is 12.3. The lowest BCUT2D eigenvalue weighted by molar-refractivity contribution is 0.471. The fourth-order valence-corrected chi connectivity index (χ4v) is 2.93. The molecule has 2 nitrogen and oxygen atoms in total. The van der Waals surface area contributed by atoms with Gasteiger partial charge in [-0.15, -0.1) is 0 Å².